The molecule has 33 heavy (non-hydrogen) atoms. The van der Waals surface area contributed by atoms with E-state index in [2.05, 4.69) is 83.5 Å². The lowest BCUT2D eigenvalue weighted by Crippen LogP contribution is -2.44. The molecule has 2 aromatic heterocycles. The lowest BCUT2D eigenvalue weighted by atomic mass is 10.1. The van der Waals surface area contributed by atoms with Crippen LogP contribution in [0, 0.1) is 5.92 Å². The molecule has 0 atom stereocenters. The fourth-order valence-electron chi connectivity index (χ4n) is 3.77. The molecule has 1 saturated heterocycles. The molecule has 4 rings (SSSR count). The Morgan fingerprint density at radius 2 is 1.85 bits per heavy atom. The Hall–Kier alpha value is -2.99. The van der Waals surface area contributed by atoms with Crippen LogP contribution in [-0.4, -0.2) is 57.9 Å². The summed E-state index contributed by atoms with van der Waals surface area (Å²) >= 11 is 0. The van der Waals surface area contributed by atoms with Crippen LogP contribution in [0.15, 0.2) is 55.6 Å². The molecular formula is C27H38N6. The van der Waals surface area contributed by atoms with Gasteiger partial charge in [0.1, 0.15) is 12.1 Å². The predicted molar refractivity (Wildman–Crippen MR) is 138 cm³/mol. The number of piperazine rings is 1. The van der Waals surface area contributed by atoms with Gasteiger partial charge >= 0.3 is 0 Å². The predicted octanol–water partition coefficient (Wildman–Crippen LogP) is 4.89. The van der Waals surface area contributed by atoms with E-state index in [1.807, 2.05) is 23.1 Å². The third kappa shape index (κ3) is 7.26. The van der Waals surface area contributed by atoms with E-state index in [-0.39, 0.29) is 0 Å². The monoisotopic (exact) mass is 446 g/mol. The van der Waals surface area contributed by atoms with Gasteiger partial charge in [-0.25, -0.2) is 14.6 Å². The zero-order chi connectivity index (χ0) is 23.6. The number of anilines is 1. The Kier molecular flexibility index (Phi) is 9.19. The van der Waals surface area contributed by atoms with Crippen molar-refractivity contribution in [3.05, 3.63) is 72.5 Å². The Bertz CT molecular complexity index is 1000. The number of rotatable bonds is 7. The van der Waals surface area contributed by atoms with E-state index in [4.69, 9.17) is 0 Å². The van der Waals surface area contributed by atoms with E-state index < -0.39 is 0 Å². The summed E-state index contributed by atoms with van der Waals surface area (Å²) in [5.41, 5.74) is 4.66. The van der Waals surface area contributed by atoms with Crippen LogP contribution in [0.2, 0.25) is 0 Å². The Balaban J connectivity index is 0.000000189. The molecule has 0 radical (unpaired) electrons. The van der Waals surface area contributed by atoms with E-state index in [0.29, 0.717) is 0 Å². The maximum atomic E-state index is 4.41. The number of hydrogen-bond donors (Lipinski definition) is 0. The maximum Gasteiger partial charge on any atom is 0.132 e. The van der Waals surface area contributed by atoms with E-state index in [9.17, 15) is 0 Å². The van der Waals surface area contributed by atoms with Crippen molar-refractivity contribution >= 4 is 11.9 Å². The summed E-state index contributed by atoms with van der Waals surface area (Å²) in [6.07, 6.45) is 10.6. The Morgan fingerprint density at radius 1 is 1.09 bits per heavy atom. The number of aryl methyl sites for hydroxylation is 2. The first-order chi connectivity index (χ1) is 16.0. The van der Waals surface area contributed by atoms with Crippen LogP contribution in [0.1, 0.15) is 44.0 Å². The number of para-hydroxylation sites is 1. The first-order valence-corrected chi connectivity index (χ1v) is 12.0. The SMILES string of the molecule is C=Cc1cnn(-c2ccccc2CC)c1.CC(C)CCc1cc(N2CCN(C)CC2)ncn1. The van der Waals surface area contributed by atoms with Gasteiger partial charge < -0.3 is 9.80 Å². The fourth-order valence-corrected chi connectivity index (χ4v) is 3.77. The molecule has 0 N–H and O–H groups in total. The van der Waals surface area contributed by atoms with Gasteiger partial charge in [-0.1, -0.05) is 51.6 Å². The molecular weight excluding hydrogens is 408 g/mol. The van der Waals surface area contributed by atoms with Crippen LogP contribution < -0.4 is 4.90 Å². The third-order valence-corrected chi connectivity index (χ3v) is 5.97. The third-order valence-electron chi connectivity index (χ3n) is 5.97. The lowest BCUT2D eigenvalue weighted by Gasteiger charge is -2.33. The summed E-state index contributed by atoms with van der Waals surface area (Å²) in [6, 6.07) is 10.5. The Morgan fingerprint density at radius 3 is 2.52 bits per heavy atom. The average molecular weight is 447 g/mol. The number of hydrogen-bond acceptors (Lipinski definition) is 5. The van der Waals surface area contributed by atoms with Crippen molar-refractivity contribution in [2.45, 2.75) is 40.0 Å². The van der Waals surface area contributed by atoms with Gasteiger partial charge in [-0.3, -0.25) is 0 Å². The molecule has 3 aromatic rings. The highest BCUT2D eigenvalue weighted by atomic mass is 15.3. The number of aromatic nitrogens is 4. The smallest absolute Gasteiger partial charge is 0.132 e. The molecule has 0 amide bonds. The van der Waals surface area contributed by atoms with Crippen molar-refractivity contribution in [3.63, 3.8) is 0 Å². The van der Waals surface area contributed by atoms with Gasteiger partial charge in [0, 0.05) is 49.7 Å². The summed E-state index contributed by atoms with van der Waals surface area (Å²) in [4.78, 5) is 13.5. The quantitative estimate of drug-likeness (QED) is 0.517. The molecule has 6 heteroatoms. The first kappa shape index (κ1) is 24.6. The number of nitrogens with zero attached hydrogens (tertiary/aromatic N) is 6. The molecule has 0 bridgehead atoms. The minimum Gasteiger partial charge on any atom is -0.354 e. The van der Waals surface area contributed by atoms with Gasteiger partial charge in [0.25, 0.3) is 0 Å². The van der Waals surface area contributed by atoms with Gasteiger partial charge in [0.15, 0.2) is 0 Å². The van der Waals surface area contributed by atoms with Gasteiger partial charge in [-0.2, -0.15) is 5.10 Å². The van der Waals surface area contributed by atoms with Crippen molar-refractivity contribution in [1.82, 2.24) is 24.6 Å². The van der Waals surface area contributed by atoms with E-state index >= 15 is 0 Å². The standard InChI is InChI=1S/C14H24N4.C13H14N2/c1-12(2)4-5-13-10-14(16-11-15-13)18-8-6-17(3)7-9-18;1-3-11-9-14-15(10-11)13-8-6-5-7-12(13)4-2/h10-12H,4-9H2,1-3H3;3,5-10H,1,4H2,2H3. The number of likely N-dealkylation sites (N-methyl/N-ethyl adjacent to an activating group) is 1. The maximum absolute atomic E-state index is 4.41. The van der Waals surface area contributed by atoms with Crippen LogP contribution >= 0.6 is 0 Å². The normalized spacial score (nSPS) is 14.2. The summed E-state index contributed by atoms with van der Waals surface area (Å²) in [6.45, 7) is 14.7. The zero-order valence-corrected chi connectivity index (χ0v) is 20.6. The molecule has 6 nitrogen and oxygen atoms in total. The summed E-state index contributed by atoms with van der Waals surface area (Å²) in [7, 11) is 2.17. The van der Waals surface area contributed by atoms with E-state index in [0.717, 1.165) is 62.0 Å². The van der Waals surface area contributed by atoms with Crippen LogP contribution in [-0.2, 0) is 12.8 Å². The van der Waals surface area contributed by atoms with Gasteiger partial charge in [-0.05, 0) is 43.9 Å². The summed E-state index contributed by atoms with van der Waals surface area (Å²) in [5.74, 6) is 1.82. The topological polar surface area (TPSA) is 50.1 Å². The highest BCUT2D eigenvalue weighted by molar-refractivity contribution is 5.47. The average Bonchev–Trinajstić information content (AvgIpc) is 3.33. The molecule has 0 unspecified atom stereocenters. The second-order valence-corrected chi connectivity index (χ2v) is 9.00. The van der Waals surface area contributed by atoms with Crippen molar-refractivity contribution in [3.8, 4) is 5.69 Å². The second kappa shape index (κ2) is 12.3. The van der Waals surface area contributed by atoms with Crippen molar-refractivity contribution < 1.29 is 0 Å². The van der Waals surface area contributed by atoms with Crippen molar-refractivity contribution in [1.29, 1.82) is 0 Å². The second-order valence-electron chi connectivity index (χ2n) is 9.00. The largest absolute Gasteiger partial charge is 0.354 e. The molecule has 1 aliphatic heterocycles. The molecule has 1 aromatic carbocycles. The Labute approximate surface area is 199 Å². The molecule has 0 spiro atoms. The molecule has 3 heterocycles. The molecule has 0 aliphatic carbocycles. The molecule has 176 valence electrons. The lowest BCUT2D eigenvalue weighted by molar-refractivity contribution is 0.312. The van der Waals surface area contributed by atoms with Crippen LogP contribution in [0.25, 0.3) is 11.8 Å². The highest BCUT2D eigenvalue weighted by Crippen LogP contribution is 2.16. The van der Waals surface area contributed by atoms with Gasteiger partial charge in [-0.15, -0.1) is 0 Å². The number of benzene rings is 1. The van der Waals surface area contributed by atoms with Crippen molar-refractivity contribution in [2.75, 3.05) is 38.1 Å². The van der Waals surface area contributed by atoms with Gasteiger partial charge in [0.2, 0.25) is 0 Å². The minimum absolute atomic E-state index is 0.729. The van der Waals surface area contributed by atoms with Crippen LogP contribution in [0.5, 0.6) is 0 Å². The van der Waals surface area contributed by atoms with Crippen molar-refractivity contribution in [2.24, 2.45) is 5.92 Å². The van der Waals surface area contributed by atoms with E-state index in [1.54, 1.807) is 12.4 Å². The fraction of sp³-hybridized carbons (Fsp3) is 0.444. The minimum atomic E-state index is 0.729. The molecule has 1 fully saturated rings. The highest BCUT2D eigenvalue weighted by Gasteiger charge is 2.15. The van der Waals surface area contributed by atoms with Crippen LogP contribution in [0.3, 0.4) is 0 Å². The molecule has 1 aliphatic rings. The molecule has 0 saturated carbocycles. The summed E-state index contributed by atoms with van der Waals surface area (Å²) < 4.78 is 1.90. The zero-order valence-electron chi connectivity index (χ0n) is 20.6. The van der Waals surface area contributed by atoms with Gasteiger partial charge in [0.05, 0.1) is 11.9 Å². The van der Waals surface area contributed by atoms with E-state index in [1.165, 1.54) is 17.7 Å². The summed E-state index contributed by atoms with van der Waals surface area (Å²) in [5, 5.41) is 4.31. The van der Waals surface area contributed by atoms with Crippen LogP contribution in [0.4, 0.5) is 5.82 Å². The first-order valence-electron chi connectivity index (χ1n) is 12.0.